The van der Waals surface area contributed by atoms with Gasteiger partial charge in [0.2, 0.25) is 0 Å². The van der Waals surface area contributed by atoms with Gasteiger partial charge in [0, 0.05) is 0 Å². The molecule has 0 unspecified atom stereocenters. The summed E-state index contributed by atoms with van der Waals surface area (Å²) in [6.07, 6.45) is 7.36. The molecule has 0 aromatic heterocycles. The van der Waals surface area contributed by atoms with E-state index < -0.39 is 0 Å². The second-order valence-corrected chi connectivity index (χ2v) is 7.11. The Kier molecular flexibility index (Phi) is 6.66. The second-order valence-electron chi connectivity index (χ2n) is 7.11. The average molecular weight is 343 g/mol. The van der Waals surface area contributed by atoms with E-state index in [9.17, 15) is 0 Å². The van der Waals surface area contributed by atoms with E-state index in [0.29, 0.717) is 0 Å². The van der Waals surface area contributed by atoms with Crippen molar-refractivity contribution in [2.24, 2.45) is 0 Å². The minimum atomic E-state index is 1.16. The minimum Gasteiger partial charge on any atom is -0.0654 e. The van der Waals surface area contributed by atoms with Crippen LogP contribution in [0.15, 0.2) is 72.8 Å². The van der Waals surface area contributed by atoms with Gasteiger partial charge in [0.05, 0.1) is 0 Å². The Morgan fingerprint density at radius 3 is 1.96 bits per heavy atom. The first kappa shape index (κ1) is 18.5. The molecule has 0 atom stereocenters. The van der Waals surface area contributed by atoms with Gasteiger partial charge in [0.1, 0.15) is 0 Å². The normalized spacial score (nSPS) is 10.8. The summed E-state index contributed by atoms with van der Waals surface area (Å²) in [6, 6.07) is 26.7. The van der Waals surface area contributed by atoms with Crippen LogP contribution in [-0.4, -0.2) is 0 Å². The maximum absolute atomic E-state index is 2.46. The van der Waals surface area contributed by atoms with Crippen LogP contribution in [0.25, 0.3) is 22.3 Å². The van der Waals surface area contributed by atoms with Gasteiger partial charge in [0.15, 0.2) is 0 Å². The summed E-state index contributed by atoms with van der Waals surface area (Å²) in [5, 5.41) is 0. The van der Waals surface area contributed by atoms with Crippen LogP contribution in [0.2, 0.25) is 0 Å². The molecule has 3 rings (SSSR count). The topological polar surface area (TPSA) is 0 Å². The van der Waals surface area contributed by atoms with Gasteiger partial charge < -0.3 is 0 Å². The fraction of sp³-hybridized carbons (Fsp3) is 0.308. The largest absolute Gasteiger partial charge is 0.0654 e. The molecule has 0 aliphatic heterocycles. The van der Waals surface area contributed by atoms with E-state index in [0.717, 1.165) is 6.42 Å². The number of benzene rings is 3. The fourth-order valence-electron chi connectivity index (χ4n) is 3.61. The standard InChI is InChI=1S/C26H30/c1-3-5-12-21-18-19-25(23(20-21)13-6-4-2)26-17-11-10-16-24(26)22-14-8-7-9-15-22/h7-11,14-20H,3-6,12-13H2,1-2H3. The van der Waals surface area contributed by atoms with Crippen molar-refractivity contribution in [1.82, 2.24) is 0 Å². The first-order chi connectivity index (χ1) is 12.8. The van der Waals surface area contributed by atoms with Crippen LogP contribution >= 0.6 is 0 Å². The van der Waals surface area contributed by atoms with Gasteiger partial charge in [-0.2, -0.15) is 0 Å². The van der Waals surface area contributed by atoms with Crippen LogP contribution in [-0.2, 0) is 12.8 Å². The van der Waals surface area contributed by atoms with E-state index in [1.807, 2.05) is 0 Å². The van der Waals surface area contributed by atoms with Crippen LogP contribution in [0.1, 0.15) is 50.7 Å². The third-order valence-corrected chi connectivity index (χ3v) is 5.09. The Morgan fingerprint density at radius 1 is 0.577 bits per heavy atom. The summed E-state index contributed by atoms with van der Waals surface area (Å²) in [5.41, 5.74) is 8.36. The number of unbranched alkanes of at least 4 members (excludes halogenated alkanes) is 2. The predicted molar refractivity (Wildman–Crippen MR) is 115 cm³/mol. The third kappa shape index (κ3) is 4.43. The van der Waals surface area contributed by atoms with E-state index in [4.69, 9.17) is 0 Å². The van der Waals surface area contributed by atoms with Crippen LogP contribution in [0, 0.1) is 0 Å². The maximum atomic E-state index is 2.46. The van der Waals surface area contributed by atoms with Crippen molar-refractivity contribution in [3.8, 4) is 22.3 Å². The van der Waals surface area contributed by atoms with Crippen molar-refractivity contribution in [1.29, 1.82) is 0 Å². The minimum absolute atomic E-state index is 1.16. The second kappa shape index (κ2) is 9.38. The van der Waals surface area contributed by atoms with Gasteiger partial charge >= 0.3 is 0 Å². The van der Waals surface area contributed by atoms with E-state index in [1.54, 1.807) is 0 Å². The molecule has 0 aliphatic rings. The lowest BCUT2D eigenvalue weighted by Crippen LogP contribution is -1.96. The van der Waals surface area contributed by atoms with Crippen LogP contribution in [0.4, 0.5) is 0 Å². The zero-order valence-electron chi connectivity index (χ0n) is 16.2. The van der Waals surface area contributed by atoms with Crippen LogP contribution < -0.4 is 0 Å². The highest BCUT2D eigenvalue weighted by Crippen LogP contribution is 2.35. The molecule has 3 aromatic rings. The summed E-state index contributed by atoms with van der Waals surface area (Å²) >= 11 is 0. The Labute approximate surface area is 158 Å². The number of rotatable bonds is 8. The van der Waals surface area contributed by atoms with Crippen molar-refractivity contribution in [3.05, 3.63) is 83.9 Å². The zero-order valence-corrected chi connectivity index (χ0v) is 16.2. The molecule has 0 aliphatic carbocycles. The Hall–Kier alpha value is -2.34. The number of hydrogen-bond donors (Lipinski definition) is 0. The molecule has 0 amide bonds. The van der Waals surface area contributed by atoms with Gasteiger partial charge in [-0.3, -0.25) is 0 Å². The first-order valence-corrected chi connectivity index (χ1v) is 10.1. The first-order valence-electron chi connectivity index (χ1n) is 10.1. The molecule has 26 heavy (non-hydrogen) atoms. The quantitative estimate of drug-likeness (QED) is 0.393. The van der Waals surface area contributed by atoms with E-state index >= 15 is 0 Å². The summed E-state index contributed by atoms with van der Waals surface area (Å²) < 4.78 is 0. The molecule has 0 heterocycles. The number of aryl methyl sites for hydroxylation is 2. The molecule has 0 saturated carbocycles. The van der Waals surface area contributed by atoms with E-state index in [-0.39, 0.29) is 0 Å². The van der Waals surface area contributed by atoms with E-state index in [2.05, 4.69) is 86.6 Å². The highest BCUT2D eigenvalue weighted by atomic mass is 14.2. The lowest BCUT2D eigenvalue weighted by Gasteiger charge is -2.16. The lowest BCUT2D eigenvalue weighted by molar-refractivity contribution is 0.781. The van der Waals surface area contributed by atoms with Crippen molar-refractivity contribution < 1.29 is 0 Å². The van der Waals surface area contributed by atoms with E-state index in [1.165, 1.54) is 65.5 Å². The van der Waals surface area contributed by atoms with Crippen molar-refractivity contribution in [2.75, 3.05) is 0 Å². The van der Waals surface area contributed by atoms with Gasteiger partial charge in [-0.05, 0) is 59.1 Å². The molecule has 0 saturated heterocycles. The number of hydrogen-bond acceptors (Lipinski definition) is 0. The molecule has 0 bridgehead atoms. The van der Waals surface area contributed by atoms with Gasteiger partial charge in [0.25, 0.3) is 0 Å². The highest BCUT2D eigenvalue weighted by molar-refractivity contribution is 5.84. The SMILES string of the molecule is CCCCc1ccc(-c2ccccc2-c2ccccc2)c(CCCC)c1. The molecule has 0 fully saturated rings. The average Bonchev–Trinajstić information content (AvgIpc) is 2.71. The summed E-state index contributed by atoms with van der Waals surface area (Å²) in [4.78, 5) is 0. The fourth-order valence-corrected chi connectivity index (χ4v) is 3.61. The van der Waals surface area contributed by atoms with Gasteiger partial charge in [-0.15, -0.1) is 0 Å². The zero-order chi connectivity index (χ0) is 18.2. The summed E-state index contributed by atoms with van der Waals surface area (Å²) in [7, 11) is 0. The molecule has 0 nitrogen and oxygen atoms in total. The van der Waals surface area contributed by atoms with Crippen molar-refractivity contribution >= 4 is 0 Å². The van der Waals surface area contributed by atoms with Crippen LogP contribution in [0.3, 0.4) is 0 Å². The maximum Gasteiger partial charge on any atom is -0.0103 e. The Morgan fingerprint density at radius 2 is 1.23 bits per heavy atom. The van der Waals surface area contributed by atoms with Crippen molar-refractivity contribution in [2.45, 2.75) is 52.4 Å². The highest BCUT2D eigenvalue weighted by Gasteiger charge is 2.11. The predicted octanol–water partition coefficient (Wildman–Crippen LogP) is 7.71. The molecule has 0 radical (unpaired) electrons. The van der Waals surface area contributed by atoms with Crippen LogP contribution in [0.5, 0.6) is 0 Å². The molecule has 0 N–H and O–H groups in total. The smallest absolute Gasteiger partial charge is 0.0103 e. The molecule has 134 valence electrons. The molecule has 0 heteroatoms. The summed E-state index contributed by atoms with van der Waals surface area (Å²) in [6.45, 7) is 4.54. The van der Waals surface area contributed by atoms with Crippen molar-refractivity contribution in [3.63, 3.8) is 0 Å². The lowest BCUT2D eigenvalue weighted by atomic mass is 9.89. The Bertz CT molecular complexity index is 814. The third-order valence-electron chi connectivity index (χ3n) is 5.09. The molecular formula is C26H30. The Balaban J connectivity index is 2.05. The molecular weight excluding hydrogens is 312 g/mol. The molecule has 0 spiro atoms. The monoisotopic (exact) mass is 342 g/mol. The summed E-state index contributed by atoms with van der Waals surface area (Å²) in [5.74, 6) is 0. The molecule has 3 aromatic carbocycles. The van der Waals surface area contributed by atoms with Gasteiger partial charge in [-0.25, -0.2) is 0 Å². The van der Waals surface area contributed by atoms with Gasteiger partial charge in [-0.1, -0.05) is 99.5 Å².